The maximum atomic E-state index is 13.9. The van der Waals surface area contributed by atoms with Crippen LogP contribution < -0.4 is 10.3 Å². The zero-order valence-electron chi connectivity index (χ0n) is 21.7. The van der Waals surface area contributed by atoms with Gasteiger partial charge in [0.15, 0.2) is 0 Å². The van der Waals surface area contributed by atoms with Gasteiger partial charge in [-0.05, 0) is 47.2 Å². The predicted molar refractivity (Wildman–Crippen MR) is 154 cm³/mol. The van der Waals surface area contributed by atoms with Gasteiger partial charge in [-0.2, -0.15) is 0 Å². The smallest absolute Gasteiger partial charge is 0.262 e. The van der Waals surface area contributed by atoms with E-state index in [4.69, 9.17) is 4.74 Å². The number of aryl methyl sites for hydroxylation is 2. The number of carbonyl (C=O) groups excluding carboxylic acids is 1. The summed E-state index contributed by atoms with van der Waals surface area (Å²) in [5.41, 5.74) is 4.15. The van der Waals surface area contributed by atoms with Crippen molar-refractivity contribution >= 4 is 27.5 Å². The number of ether oxygens (including phenoxy) is 1. The topological polar surface area (TPSA) is 64.4 Å². The summed E-state index contributed by atoms with van der Waals surface area (Å²) in [5, 5.41) is 0.710. The molecule has 1 amide bonds. The molecule has 0 bridgehead atoms. The fourth-order valence-corrected chi connectivity index (χ4v) is 6.55. The second-order valence-corrected chi connectivity index (χ2v) is 10.9. The normalized spacial score (nSPS) is 13.0. The van der Waals surface area contributed by atoms with Gasteiger partial charge in [0.1, 0.15) is 10.6 Å². The lowest BCUT2D eigenvalue weighted by molar-refractivity contribution is -0.132. The van der Waals surface area contributed by atoms with Crippen molar-refractivity contribution in [3.63, 3.8) is 0 Å². The van der Waals surface area contributed by atoms with Gasteiger partial charge in [-0.25, -0.2) is 4.98 Å². The number of amides is 1. The molecule has 2 aromatic heterocycles. The van der Waals surface area contributed by atoms with Gasteiger partial charge in [-0.3, -0.25) is 14.2 Å². The minimum atomic E-state index is -0.364. The SMILES string of the molecule is COc1ccc(CCn2cnc3sc4c(c3c2=O)CCN(C(=O)C(c2ccccc2)c2ccccc2)C4)cc1. The van der Waals surface area contributed by atoms with Crippen molar-refractivity contribution in [2.45, 2.75) is 31.8 Å². The van der Waals surface area contributed by atoms with Gasteiger partial charge in [0.05, 0.1) is 31.3 Å². The van der Waals surface area contributed by atoms with E-state index in [1.807, 2.05) is 89.8 Å². The van der Waals surface area contributed by atoms with Crippen LogP contribution in [0.5, 0.6) is 5.75 Å². The number of fused-ring (bicyclic) bond motifs is 3. The molecule has 3 aromatic carbocycles. The highest BCUT2D eigenvalue weighted by molar-refractivity contribution is 7.18. The highest BCUT2D eigenvalue weighted by Crippen LogP contribution is 2.35. The van der Waals surface area contributed by atoms with Crippen LogP contribution in [0, 0.1) is 0 Å². The van der Waals surface area contributed by atoms with E-state index in [1.54, 1.807) is 18.0 Å². The number of thiophene rings is 1. The van der Waals surface area contributed by atoms with Crippen LogP contribution in [0.25, 0.3) is 10.2 Å². The van der Waals surface area contributed by atoms with Crippen LogP contribution in [0.4, 0.5) is 0 Å². The van der Waals surface area contributed by atoms with Crippen molar-refractivity contribution < 1.29 is 9.53 Å². The number of rotatable bonds is 7. The average Bonchev–Trinajstić information content (AvgIpc) is 3.37. The summed E-state index contributed by atoms with van der Waals surface area (Å²) in [7, 11) is 1.65. The van der Waals surface area contributed by atoms with E-state index in [9.17, 15) is 9.59 Å². The number of hydrogen-bond acceptors (Lipinski definition) is 5. The number of nitrogens with zero attached hydrogens (tertiary/aromatic N) is 3. The summed E-state index contributed by atoms with van der Waals surface area (Å²) < 4.78 is 6.94. The number of benzene rings is 3. The molecule has 6 rings (SSSR count). The fourth-order valence-electron chi connectivity index (χ4n) is 5.36. The van der Waals surface area contributed by atoms with Crippen LogP contribution in [-0.4, -0.2) is 34.0 Å². The quantitative estimate of drug-likeness (QED) is 0.279. The predicted octanol–water partition coefficient (Wildman–Crippen LogP) is 5.43. The molecule has 0 N–H and O–H groups in total. The highest BCUT2D eigenvalue weighted by atomic mass is 32.1. The van der Waals surface area contributed by atoms with Gasteiger partial charge in [-0.1, -0.05) is 72.8 Å². The third-order valence-corrected chi connectivity index (χ3v) is 8.58. The monoisotopic (exact) mass is 535 g/mol. The van der Waals surface area contributed by atoms with Crippen molar-refractivity contribution in [3.8, 4) is 5.75 Å². The Kier molecular flexibility index (Phi) is 6.99. The number of hydrogen-bond donors (Lipinski definition) is 0. The Morgan fingerprint density at radius 2 is 1.64 bits per heavy atom. The molecule has 1 aliphatic rings. The van der Waals surface area contributed by atoms with Crippen LogP contribution in [-0.2, 0) is 30.7 Å². The van der Waals surface area contributed by atoms with Crippen LogP contribution in [0.3, 0.4) is 0 Å². The Bertz CT molecular complexity index is 1620. The molecule has 0 unspecified atom stereocenters. The molecule has 1 aliphatic heterocycles. The molecule has 0 fully saturated rings. The summed E-state index contributed by atoms with van der Waals surface area (Å²) >= 11 is 1.53. The molecule has 0 saturated carbocycles. The molecule has 7 heteroatoms. The molecular formula is C32H29N3O3S. The molecule has 0 atom stereocenters. The number of methoxy groups -OCH3 is 1. The summed E-state index contributed by atoms with van der Waals surface area (Å²) in [6, 6.07) is 27.8. The first-order valence-electron chi connectivity index (χ1n) is 13.1. The van der Waals surface area contributed by atoms with Crippen molar-refractivity contribution in [3.05, 3.63) is 129 Å². The molecule has 0 saturated heterocycles. The highest BCUT2D eigenvalue weighted by Gasteiger charge is 2.32. The van der Waals surface area contributed by atoms with E-state index in [0.29, 0.717) is 31.4 Å². The Balaban J connectivity index is 1.25. The molecule has 3 heterocycles. The van der Waals surface area contributed by atoms with Crippen molar-refractivity contribution in [2.24, 2.45) is 0 Å². The summed E-state index contributed by atoms with van der Waals surface area (Å²) in [6.45, 7) is 1.63. The van der Waals surface area contributed by atoms with E-state index in [0.717, 1.165) is 44.1 Å². The van der Waals surface area contributed by atoms with Crippen LogP contribution in [0.2, 0.25) is 0 Å². The van der Waals surface area contributed by atoms with E-state index in [1.165, 1.54) is 11.3 Å². The minimum Gasteiger partial charge on any atom is -0.497 e. The van der Waals surface area contributed by atoms with Crippen LogP contribution in [0.1, 0.15) is 33.0 Å². The maximum Gasteiger partial charge on any atom is 0.262 e. The van der Waals surface area contributed by atoms with Gasteiger partial charge in [0, 0.05) is 18.0 Å². The van der Waals surface area contributed by atoms with Crippen molar-refractivity contribution in [1.82, 2.24) is 14.5 Å². The van der Waals surface area contributed by atoms with E-state index >= 15 is 0 Å². The molecule has 0 aliphatic carbocycles. The Labute approximate surface area is 231 Å². The Morgan fingerprint density at radius 3 is 2.28 bits per heavy atom. The first kappa shape index (κ1) is 25.1. The second-order valence-electron chi connectivity index (χ2n) is 9.79. The largest absolute Gasteiger partial charge is 0.497 e. The first-order chi connectivity index (χ1) is 19.1. The average molecular weight is 536 g/mol. The first-order valence-corrected chi connectivity index (χ1v) is 14.0. The minimum absolute atomic E-state index is 0.00256. The Morgan fingerprint density at radius 1 is 0.974 bits per heavy atom. The lowest BCUT2D eigenvalue weighted by Crippen LogP contribution is -2.39. The molecule has 39 heavy (non-hydrogen) atoms. The van der Waals surface area contributed by atoms with Gasteiger partial charge in [-0.15, -0.1) is 11.3 Å². The Hall–Kier alpha value is -4.23. The fraction of sp³-hybridized carbons (Fsp3) is 0.219. The summed E-state index contributed by atoms with van der Waals surface area (Å²) in [4.78, 5) is 35.8. The van der Waals surface area contributed by atoms with Crippen LogP contribution in [0.15, 0.2) is 96.1 Å². The molecule has 5 aromatic rings. The number of aromatic nitrogens is 2. The maximum absolute atomic E-state index is 13.9. The second kappa shape index (κ2) is 10.9. The van der Waals surface area contributed by atoms with E-state index in [-0.39, 0.29) is 17.4 Å². The molecule has 6 nitrogen and oxygen atoms in total. The van der Waals surface area contributed by atoms with Crippen LogP contribution >= 0.6 is 11.3 Å². The lowest BCUT2D eigenvalue weighted by atomic mass is 9.89. The summed E-state index contributed by atoms with van der Waals surface area (Å²) in [5.74, 6) is 0.535. The van der Waals surface area contributed by atoms with Crippen molar-refractivity contribution in [1.29, 1.82) is 0 Å². The van der Waals surface area contributed by atoms with Gasteiger partial charge in [0.2, 0.25) is 5.91 Å². The van der Waals surface area contributed by atoms with Gasteiger partial charge < -0.3 is 9.64 Å². The zero-order chi connectivity index (χ0) is 26.8. The lowest BCUT2D eigenvalue weighted by Gasteiger charge is -2.31. The molecule has 196 valence electrons. The standard InChI is InChI=1S/C32H29N3O3S/c1-38-25-14-12-22(13-15-25)16-18-35-21-33-30-29(32(35)37)26-17-19-34(20-27(26)39-30)31(36)28(23-8-4-2-5-9-23)24-10-6-3-7-11-24/h2-15,21,28H,16-20H2,1H3. The van der Waals surface area contributed by atoms with E-state index in [2.05, 4.69) is 4.98 Å². The van der Waals surface area contributed by atoms with Crippen molar-refractivity contribution in [2.75, 3.05) is 13.7 Å². The molecule has 0 spiro atoms. The summed E-state index contributed by atoms with van der Waals surface area (Å²) in [6.07, 6.45) is 3.03. The molecule has 0 radical (unpaired) electrons. The van der Waals surface area contributed by atoms with Gasteiger partial charge >= 0.3 is 0 Å². The van der Waals surface area contributed by atoms with E-state index < -0.39 is 0 Å². The molecular weight excluding hydrogens is 506 g/mol. The zero-order valence-corrected chi connectivity index (χ0v) is 22.6. The number of carbonyl (C=O) groups is 1. The third kappa shape index (κ3) is 4.98. The van der Waals surface area contributed by atoms with Gasteiger partial charge in [0.25, 0.3) is 5.56 Å². The third-order valence-electron chi connectivity index (χ3n) is 7.45.